The van der Waals surface area contributed by atoms with Gasteiger partial charge in [-0.3, -0.25) is 0 Å². The zero-order valence-electron chi connectivity index (χ0n) is 9.91. The van der Waals surface area contributed by atoms with E-state index in [4.69, 9.17) is 0 Å². The molecule has 0 unspecified atom stereocenters. The van der Waals surface area contributed by atoms with Crippen molar-refractivity contribution in [2.45, 2.75) is 4.90 Å². The van der Waals surface area contributed by atoms with Gasteiger partial charge in [-0.15, -0.1) is 0 Å². The van der Waals surface area contributed by atoms with Gasteiger partial charge in [-0.25, -0.2) is 0 Å². The molecular formula is C14H12N2S2. The molecule has 0 bridgehead atoms. The first-order valence-corrected chi connectivity index (χ1v) is 7.24. The molecule has 2 aromatic carbocycles. The molecule has 3 aromatic rings. The molecule has 1 aromatic heterocycles. The van der Waals surface area contributed by atoms with Gasteiger partial charge in [0, 0.05) is 23.9 Å². The molecular weight excluding hydrogens is 260 g/mol. The smallest absolute Gasteiger partial charge is 0.197 e. The number of benzene rings is 2. The average Bonchev–Trinajstić information content (AvgIpc) is 2.75. The van der Waals surface area contributed by atoms with Crippen molar-refractivity contribution in [2.75, 3.05) is 0 Å². The third-order valence-corrected chi connectivity index (χ3v) is 4.66. The Kier molecular flexibility index (Phi) is 3.21. The fraction of sp³-hybridized carbons (Fsp3) is 0.0714. The van der Waals surface area contributed by atoms with Crippen molar-refractivity contribution in [2.24, 2.45) is 11.4 Å². The predicted molar refractivity (Wildman–Crippen MR) is 78.7 cm³/mol. The van der Waals surface area contributed by atoms with Crippen LogP contribution in [0.3, 0.4) is 0 Å². The van der Waals surface area contributed by atoms with Gasteiger partial charge >= 0.3 is 0 Å². The number of thiazole rings is 1. The van der Waals surface area contributed by atoms with Gasteiger partial charge in [0.2, 0.25) is 0 Å². The zero-order chi connectivity index (χ0) is 12.4. The Balaban J connectivity index is 2.02. The lowest BCUT2D eigenvalue weighted by atomic mass is 10.3. The Morgan fingerprint density at radius 1 is 1.00 bits per heavy atom. The normalized spacial score (nSPS) is 12.2. The topological polar surface area (TPSA) is 17.3 Å². The molecule has 0 spiro atoms. The van der Waals surface area contributed by atoms with Gasteiger partial charge < -0.3 is 4.57 Å². The summed E-state index contributed by atoms with van der Waals surface area (Å²) in [5.74, 6) is 0. The molecule has 0 aliphatic heterocycles. The summed E-state index contributed by atoms with van der Waals surface area (Å²) >= 11 is 3.24. The molecule has 0 saturated heterocycles. The molecule has 0 aliphatic carbocycles. The Hall–Kier alpha value is -1.52. The Bertz CT molecular complexity index is 726. The van der Waals surface area contributed by atoms with E-state index in [0.717, 1.165) is 9.70 Å². The van der Waals surface area contributed by atoms with E-state index in [9.17, 15) is 0 Å². The summed E-state index contributed by atoms with van der Waals surface area (Å²) in [4.78, 5) is 2.19. The maximum Gasteiger partial charge on any atom is 0.197 e. The maximum absolute atomic E-state index is 4.61. The van der Waals surface area contributed by atoms with E-state index < -0.39 is 0 Å². The van der Waals surface area contributed by atoms with Crippen molar-refractivity contribution < 1.29 is 0 Å². The number of hydrogen-bond donors (Lipinski definition) is 0. The fourth-order valence-corrected chi connectivity index (χ4v) is 3.48. The van der Waals surface area contributed by atoms with Crippen LogP contribution in [0.2, 0.25) is 0 Å². The first kappa shape index (κ1) is 11.6. The van der Waals surface area contributed by atoms with E-state index in [1.54, 1.807) is 11.3 Å². The molecule has 2 nitrogen and oxygen atoms in total. The van der Waals surface area contributed by atoms with E-state index >= 15 is 0 Å². The zero-order valence-corrected chi connectivity index (χ0v) is 11.5. The number of hydrogen-bond acceptors (Lipinski definition) is 3. The number of rotatable bonds is 2. The van der Waals surface area contributed by atoms with Crippen LogP contribution in [0.25, 0.3) is 10.2 Å². The molecule has 0 fully saturated rings. The Labute approximate surface area is 114 Å². The summed E-state index contributed by atoms with van der Waals surface area (Å²) in [5.41, 5.74) is 1.23. The third-order valence-electron chi connectivity index (χ3n) is 2.69. The van der Waals surface area contributed by atoms with Crippen LogP contribution in [-0.4, -0.2) is 4.57 Å². The lowest BCUT2D eigenvalue weighted by molar-refractivity contribution is 0.921. The number of fused-ring (bicyclic) bond motifs is 1. The first-order valence-electron chi connectivity index (χ1n) is 5.65. The number of aryl methyl sites for hydroxylation is 1. The highest BCUT2D eigenvalue weighted by molar-refractivity contribution is 7.98. The van der Waals surface area contributed by atoms with Crippen molar-refractivity contribution >= 4 is 33.5 Å². The SMILES string of the molecule is Cn1c(=NSc2ccccc2)sc2ccccc21. The quantitative estimate of drug-likeness (QED) is 0.648. The van der Waals surface area contributed by atoms with Crippen LogP contribution in [0.5, 0.6) is 0 Å². The standard InChI is InChI=1S/C14H12N2S2/c1-16-12-9-5-6-10-13(12)17-14(16)15-18-11-7-3-2-4-8-11/h2-10H,1H3. The molecule has 18 heavy (non-hydrogen) atoms. The van der Waals surface area contributed by atoms with E-state index in [1.807, 2.05) is 18.2 Å². The van der Waals surface area contributed by atoms with Crippen molar-refractivity contribution in [1.82, 2.24) is 4.57 Å². The first-order chi connectivity index (χ1) is 8.84. The lowest BCUT2D eigenvalue weighted by Crippen LogP contribution is -2.08. The van der Waals surface area contributed by atoms with Crippen LogP contribution in [0.15, 0.2) is 63.9 Å². The van der Waals surface area contributed by atoms with Crippen LogP contribution >= 0.6 is 23.3 Å². The maximum atomic E-state index is 4.61. The van der Waals surface area contributed by atoms with Crippen molar-refractivity contribution in [3.63, 3.8) is 0 Å². The molecule has 0 amide bonds. The van der Waals surface area contributed by atoms with Gasteiger partial charge in [-0.05, 0) is 24.3 Å². The highest BCUT2D eigenvalue weighted by Gasteiger charge is 2.01. The minimum Gasteiger partial charge on any atom is -0.319 e. The number of nitrogens with zero attached hydrogens (tertiary/aromatic N) is 2. The van der Waals surface area contributed by atoms with Crippen molar-refractivity contribution in [3.05, 3.63) is 59.4 Å². The van der Waals surface area contributed by atoms with Crippen molar-refractivity contribution in [3.8, 4) is 0 Å². The minimum absolute atomic E-state index is 1.03. The number of aromatic nitrogens is 1. The largest absolute Gasteiger partial charge is 0.319 e. The van der Waals surface area contributed by atoms with E-state index in [-0.39, 0.29) is 0 Å². The summed E-state index contributed by atoms with van der Waals surface area (Å²) in [6.07, 6.45) is 0. The summed E-state index contributed by atoms with van der Waals surface area (Å²) in [5, 5.41) is 0. The van der Waals surface area contributed by atoms with Crippen LogP contribution in [-0.2, 0) is 7.05 Å². The second kappa shape index (κ2) is 5.00. The van der Waals surface area contributed by atoms with Gasteiger partial charge in [0.25, 0.3) is 0 Å². The van der Waals surface area contributed by atoms with Gasteiger partial charge in [0.05, 0.1) is 10.2 Å². The van der Waals surface area contributed by atoms with E-state index in [0.29, 0.717) is 0 Å². The molecule has 0 radical (unpaired) electrons. The third kappa shape index (κ3) is 2.21. The van der Waals surface area contributed by atoms with E-state index in [2.05, 4.69) is 52.4 Å². The highest BCUT2D eigenvalue weighted by Crippen LogP contribution is 2.19. The second-order valence-corrected chi connectivity index (χ2v) is 5.75. The minimum atomic E-state index is 1.03. The van der Waals surface area contributed by atoms with Crippen LogP contribution < -0.4 is 4.80 Å². The second-order valence-electron chi connectivity index (χ2n) is 3.91. The van der Waals surface area contributed by atoms with E-state index in [1.165, 1.54) is 22.2 Å². The molecule has 0 aliphatic rings. The summed E-state index contributed by atoms with van der Waals surface area (Å²) in [7, 11) is 2.06. The van der Waals surface area contributed by atoms with Gasteiger partial charge in [0.15, 0.2) is 4.80 Å². The predicted octanol–water partition coefficient (Wildman–Crippen LogP) is 3.85. The Morgan fingerprint density at radius 3 is 2.50 bits per heavy atom. The molecule has 1 heterocycles. The number of para-hydroxylation sites is 1. The van der Waals surface area contributed by atoms with Crippen LogP contribution in [0.1, 0.15) is 0 Å². The fourth-order valence-electron chi connectivity index (χ4n) is 1.74. The Morgan fingerprint density at radius 2 is 1.72 bits per heavy atom. The van der Waals surface area contributed by atoms with Crippen LogP contribution in [0, 0.1) is 0 Å². The molecule has 4 heteroatoms. The molecule has 90 valence electrons. The lowest BCUT2D eigenvalue weighted by Gasteiger charge is -1.95. The molecule has 3 rings (SSSR count). The monoisotopic (exact) mass is 272 g/mol. The molecule has 0 N–H and O–H groups in total. The summed E-state index contributed by atoms with van der Waals surface area (Å²) in [6, 6.07) is 18.6. The van der Waals surface area contributed by atoms with Gasteiger partial charge in [-0.1, -0.05) is 41.7 Å². The highest BCUT2D eigenvalue weighted by atomic mass is 32.2. The summed E-state index contributed by atoms with van der Waals surface area (Å²) < 4.78 is 8.02. The average molecular weight is 272 g/mol. The van der Waals surface area contributed by atoms with Crippen LogP contribution in [0.4, 0.5) is 0 Å². The summed E-state index contributed by atoms with van der Waals surface area (Å²) in [6.45, 7) is 0. The van der Waals surface area contributed by atoms with Gasteiger partial charge in [0.1, 0.15) is 0 Å². The van der Waals surface area contributed by atoms with Crippen molar-refractivity contribution in [1.29, 1.82) is 0 Å². The molecule has 0 atom stereocenters. The molecule has 0 saturated carbocycles. The van der Waals surface area contributed by atoms with Gasteiger partial charge in [-0.2, -0.15) is 4.40 Å².